The Bertz CT molecular complexity index is 210. The Balaban J connectivity index is 4.32. The van der Waals surface area contributed by atoms with Gasteiger partial charge in [0.05, 0.1) is 0 Å². The first-order chi connectivity index (χ1) is 5.99. The predicted octanol–water partition coefficient (Wildman–Crippen LogP) is 1.30. The third kappa shape index (κ3) is 4.30. The van der Waals surface area contributed by atoms with Crippen molar-refractivity contribution in [3.05, 3.63) is 23.9 Å². The van der Waals surface area contributed by atoms with Gasteiger partial charge < -0.3 is 20.0 Å². The molecule has 0 spiro atoms. The molecule has 0 aromatic carbocycles. The molecule has 0 bridgehead atoms. The van der Waals surface area contributed by atoms with Crippen molar-refractivity contribution in [2.75, 3.05) is 27.7 Å². The van der Waals surface area contributed by atoms with Gasteiger partial charge in [-0.15, -0.1) is 0 Å². The molecule has 0 heterocycles. The van der Waals surface area contributed by atoms with Crippen LogP contribution in [0.3, 0.4) is 0 Å². The van der Waals surface area contributed by atoms with Gasteiger partial charge in [0.2, 0.25) is 0 Å². The largest absolute Gasteiger partial charge is 0.495 e. The number of hydrogen-bond donors (Lipinski definition) is 2. The first-order valence-corrected chi connectivity index (χ1v) is 4.17. The van der Waals surface area contributed by atoms with Crippen molar-refractivity contribution in [3.63, 3.8) is 0 Å². The van der Waals surface area contributed by atoms with Gasteiger partial charge in [-0.25, -0.2) is 0 Å². The summed E-state index contributed by atoms with van der Waals surface area (Å²) in [5.41, 5.74) is 0. The van der Waals surface area contributed by atoms with Crippen LogP contribution < -0.4 is 0 Å². The molecule has 0 aliphatic rings. The molecule has 4 nitrogen and oxygen atoms in total. The van der Waals surface area contributed by atoms with Crippen molar-refractivity contribution in [2.45, 2.75) is 6.92 Å². The lowest BCUT2D eigenvalue weighted by Crippen LogP contribution is -2.16. The quantitative estimate of drug-likeness (QED) is 0.513. The van der Waals surface area contributed by atoms with Crippen LogP contribution in [-0.4, -0.2) is 47.7 Å². The summed E-state index contributed by atoms with van der Waals surface area (Å²) < 4.78 is 0. The van der Waals surface area contributed by atoms with Crippen molar-refractivity contribution in [1.29, 1.82) is 0 Å². The second-order valence-corrected chi connectivity index (χ2v) is 2.96. The fourth-order valence-electron chi connectivity index (χ4n) is 0.587. The van der Waals surface area contributed by atoms with Crippen molar-refractivity contribution >= 4 is 0 Å². The van der Waals surface area contributed by atoms with Gasteiger partial charge in [0.1, 0.15) is 0 Å². The van der Waals surface area contributed by atoms with E-state index >= 15 is 0 Å². The van der Waals surface area contributed by atoms with Gasteiger partial charge in [0.25, 0.3) is 0 Å². The van der Waals surface area contributed by atoms with Gasteiger partial charge in [-0.1, -0.05) is 0 Å². The number of hydrogen-bond acceptors (Lipinski definition) is 4. The maximum absolute atomic E-state index is 9.36. The molecule has 0 saturated carbocycles. The molecule has 0 aromatic rings. The smallest absolute Gasteiger partial charge is 0.186 e. The van der Waals surface area contributed by atoms with E-state index in [1.165, 1.54) is 12.2 Å². The fraction of sp³-hybridized carbons (Fsp3) is 0.556. The molecule has 2 N–H and O–H groups in total. The zero-order valence-corrected chi connectivity index (χ0v) is 8.65. The van der Waals surface area contributed by atoms with E-state index in [0.29, 0.717) is 0 Å². The van der Waals surface area contributed by atoms with E-state index in [4.69, 9.17) is 0 Å². The molecule has 0 atom stereocenters. The van der Waals surface area contributed by atoms with Crippen molar-refractivity contribution < 1.29 is 10.2 Å². The van der Waals surface area contributed by atoms with Crippen LogP contribution in [0, 0.1) is 0 Å². The van der Waals surface area contributed by atoms with Crippen LogP contribution in [0.4, 0.5) is 0 Å². The maximum Gasteiger partial charge on any atom is 0.186 e. The minimum Gasteiger partial charge on any atom is -0.495 e. The van der Waals surface area contributed by atoms with Crippen LogP contribution in [0.15, 0.2) is 23.9 Å². The summed E-state index contributed by atoms with van der Waals surface area (Å²) in [5.74, 6) is 0.243. The molecule has 0 aliphatic carbocycles. The molecule has 0 fully saturated rings. The van der Waals surface area contributed by atoms with E-state index in [9.17, 15) is 10.2 Å². The van der Waals surface area contributed by atoms with Crippen LogP contribution in [-0.2, 0) is 0 Å². The second-order valence-electron chi connectivity index (χ2n) is 2.96. The summed E-state index contributed by atoms with van der Waals surface area (Å²) in [6.07, 6.45) is 2.90. The predicted molar refractivity (Wildman–Crippen MR) is 53.4 cm³/mol. The first-order valence-electron chi connectivity index (χ1n) is 4.17. The van der Waals surface area contributed by atoms with Gasteiger partial charge in [-0.05, 0) is 6.92 Å². The molecule has 0 aliphatic heterocycles. The van der Waals surface area contributed by atoms with Gasteiger partial charge in [-0.2, -0.15) is 0 Å². The van der Waals surface area contributed by atoms with Crippen LogP contribution in [0.25, 0.3) is 0 Å². The van der Waals surface area contributed by atoms with E-state index < -0.39 is 0 Å². The molecule has 0 rings (SSSR count). The highest BCUT2D eigenvalue weighted by Gasteiger charge is 1.97. The lowest BCUT2D eigenvalue weighted by molar-refractivity contribution is 0.238. The molecule has 0 radical (unpaired) electrons. The lowest BCUT2D eigenvalue weighted by Gasteiger charge is -2.14. The van der Waals surface area contributed by atoms with Crippen LogP contribution >= 0.6 is 0 Å². The van der Waals surface area contributed by atoms with Crippen LogP contribution in [0.2, 0.25) is 0 Å². The normalized spacial score (nSPS) is 12.9. The third-order valence-corrected chi connectivity index (χ3v) is 1.71. The van der Waals surface area contributed by atoms with Crippen molar-refractivity contribution in [2.24, 2.45) is 0 Å². The van der Waals surface area contributed by atoms with E-state index in [1.54, 1.807) is 30.9 Å². The van der Waals surface area contributed by atoms with Gasteiger partial charge in [0.15, 0.2) is 11.8 Å². The molecular formula is C9H18N2O2. The molecule has 76 valence electrons. The summed E-state index contributed by atoms with van der Waals surface area (Å²) in [7, 11) is 5.22. The average molecular weight is 186 g/mol. The highest BCUT2D eigenvalue weighted by Crippen LogP contribution is 1.99. The number of aliphatic hydroxyl groups excluding tert-OH is 2. The highest BCUT2D eigenvalue weighted by atomic mass is 16.3. The van der Waals surface area contributed by atoms with Gasteiger partial charge >= 0.3 is 0 Å². The maximum atomic E-state index is 9.36. The van der Waals surface area contributed by atoms with Crippen molar-refractivity contribution in [3.8, 4) is 0 Å². The number of aliphatic hydroxyl groups is 2. The zero-order valence-electron chi connectivity index (χ0n) is 8.65. The molecule has 4 heteroatoms. The van der Waals surface area contributed by atoms with E-state index in [2.05, 4.69) is 0 Å². The first kappa shape index (κ1) is 11.7. The number of rotatable bonds is 4. The van der Waals surface area contributed by atoms with Crippen LogP contribution in [0.1, 0.15) is 6.92 Å². The van der Waals surface area contributed by atoms with Crippen LogP contribution in [0.5, 0.6) is 0 Å². The Morgan fingerprint density at radius 1 is 1.08 bits per heavy atom. The standard InChI is InChI=1S/C9H18N2O2/c1-5-11(4)9(13)7-6-8(12)10(2)3/h6-7,12-13H,5H2,1-4H3/b8-6-,9-7-. The Kier molecular flexibility index (Phi) is 4.80. The number of allylic oxidation sites excluding steroid dienone is 2. The second kappa shape index (κ2) is 5.35. The molecule has 0 amide bonds. The molecule has 0 saturated heterocycles. The van der Waals surface area contributed by atoms with Gasteiger partial charge in [0, 0.05) is 39.8 Å². The number of nitrogens with zero attached hydrogens (tertiary/aromatic N) is 2. The monoisotopic (exact) mass is 186 g/mol. The average Bonchev–Trinajstić information content (AvgIpc) is 2.11. The fourth-order valence-corrected chi connectivity index (χ4v) is 0.587. The van der Waals surface area contributed by atoms with E-state index in [0.717, 1.165) is 6.54 Å². The molecule has 0 unspecified atom stereocenters. The summed E-state index contributed by atoms with van der Waals surface area (Å²) in [6.45, 7) is 2.65. The zero-order chi connectivity index (χ0) is 10.4. The van der Waals surface area contributed by atoms with Gasteiger partial charge in [-0.3, -0.25) is 0 Å². The third-order valence-electron chi connectivity index (χ3n) is 1.71. The molecule has 13 heavy (non-hydrogen) atoms. The SMILES string of the molecule is CCN(C)/C(O)=C/C=C(\O)N(C)C. The minimum absolute atomic E-state index is 0.107. The summed E-state index contributed by atoms with van der Waals surface area (Å²) in [4.78, 5) is 3.22. The Morgan fingerprint density at radius 2 is 1.54 bits per heavy atom. The summed E-state index contributed by atoms with van der Waals surface area (Å²) in [6, 6.07) is 0. The Labute approximate surface area is 79.4 Å². The van der Waals surface area contributed by atoms with E-state index in [1.807, 2.05) is 6.92 Å². The molecule has 0 aromatic heterocycles. The Hall–Kier alpha value is -1.32. The summed E-state index contributed by atoms with van der Waals surface area (Å²) in [5, 5.41) is 18.6. The topological polar surface area (TPSA) is 46.9 Å². The minimum atomic E-state index is 0.107. The lowest BCUT2D eigenvalue weighted by atomic mass is 10.4. The highest BCUT2D eigenvalue weighted by molar-refractivity contribution is 5.08. The molecular weight excluding hydrogens is 168 g/mol. The summed E-state index contributed by atoms with van der Waals surface area (Å²) >= 11 is 0. The Morgan fingerprint density at radius 3 is 1.92 bits per heavy atom. The van der Waals surface area contributed by atoms with E-state index in [-0.39, 0.29) is 11.8 Å². The van der Waals surface area contributed by atoms with Crippen molar-refractivity contribution in [1.82, 2.24) is 9.80 Å².